The van der Waals surface area contributed by atoms with E-state index in [1.54, 1.807) is 6.08 Å². The molecule has 1 N–H and O–H groups in total. The summed E-state index contributed by atoms with van der Waals surface area (Å²) in [7, 11) is 0. The van der Waals surface area contributed by atoms with Gasteiger partial charge >= 0.3 is 0 Å². The van der Waals surface area contributed by atoms with Crippen molar-refractivity contribution in [3.8, 4) is 5.75 Å². The number of anilines is 1. The minimum atomic E-state index is 0.117. The van der Waals surface area contributed by atoms with E-state index in [0.29, 0.717) is 18.9 Å². The van der Waals surface area contributed by atoms with Gasteiger partial charge in [0.15, 0.2) is 0 Å². The highest BCUT2D eigenvalue weighted by molar-refractivity contribution is 5.90. The van der Waals surface area contributed by atoms with E-state index in [2.05, 4.69) is 11.9 Å². The van der Waals surface area contributed by atoms with E-state index in [9.17, 15) is 4.79 Å². The molecule has 2 rings (SSSR count). The molecule has 0 spiro atoms. The van der Waals surface area contributed by atoms with Gasteiger partial charge in [-0.05, 0) is 43.0 Å². The Hall–Kier alpha value is -1.77. The van der Waals surface area contributed by atoms with Crippen molar-refractivity contribution in [3.05, 3.63) is 36.9 Å². The molecule has 1 fully saturated rings. The topological polar surface area (TPSA) is 38.3 Å². The second-order valence-corrected chi connectivity index (χ2v) is 5.03. The van der Waals surface area contributed by atoms with Gasteiger partial charge in [-0.1, -0.05) is 25.5 Å². The Morgan fingerprint density at radius 1 is 1.32 bits per heavy atom. The van der Waals surface area contributed by atoms with Crippen LogP contribution in [0.1, 0.15) is 32.1 Å². The average molecular weight is 259 g/mol. The fourth-order valence-corrected chi connectivity index (χ4v) is 2.48. The highest BCUT2D eigenvalue weighted by Gasteiger charge is 2.18. The van der Waals surface area contributed by atoms with Crippen LogP contribution in [0.25, 0.3) is 0 Å². The summed E-state index contributed by atoms with van der Waals surface area (Å²) in [6.07, 6.45) is 7.29. The summed E-state index contributed by atoms with van der Waals surface area (Å²) >= 11 is 0. The predicted molar refractivity (Wildman–Crippen MR) is 77.3 cm³/mol. The van der Waals surface area contributed by atoms with Crippen LogP contribution in [0.15, 0.2) is 36.9 Å². The largest absolute Gasteiger partial charge is 0.490 e. The third-order valence-corrected chi connectivity index (χ3v) is 3.45. The maximum Gasteiger partial charge on any atom is 0.224 e. The standard InChI is InChI=1S/C16H21NO2/c1-2-11-19-15-9-7-14(8-10-15)17-16(18)12-13-5-3-4-6-13/h2,7-10,13H,1,3-6,11-12H2,(H,17,18). The van der Waals surface area contributed by atoms with Crippen LogP contribution < -0.4 is 10.1 Å². The number of benzene rings is 1. The van der Waals surface area contributed by atoms with E-state index in [0.717, 1.165) is 11.4 Å². The molecule has 0 aliphatic heterocycles. The number of hydrogen-bond acceptors (Lipinski definition) is 2. The van der Waals surface area contributed by atoms with E-state index >= 15 is 0 Å². The van der Waals surface area contributed by atoms with Crippen LogP contribution in [0.3, 0.4) is 0 Å². The highest BCUT2D eigenvalue weighted by atomic mass is 16.5. The molecule has 0 heterocycles. The van der Waals surface area contributed by atoms with E-state index in [1.165, 1.54) is 25.7 Å². The molecular weight excluding hydrogens is 238 g/mol. The first kappa shape index (κ1) is 13.7. The molecule has 1 aliphatic rings. The van der Waals surface area contributed by atoms with Crippen LogP contribution in [-0.4, -0.2) is 12.5 Å². The number of rotatable bonds is 6. The lowest BCUT2D eigenvalue weighted by Gasteiger charge is -2.10. The Bertz CT molecular complexity index is 419. The Kier molecular flexibility index (Phi) is 5.01. The first-order valence-corrected chi connectivity index (χ1v) is 6.91. The molecule has 1 amide bonds. The van der Waals surface area contributed by atoms with Crippen LogP contribution in [0.2, 0.25) is 0 Å². The zero-order valence-electron chi connectivity index (χ0n) is 11.2. The van der Waals surface area contributed by atoms with Crippen molar-refractivity contribution in [3.63, 3.8) is 0 Å². The SMILES string of the molecule is C=CCOc1ccc(NC(=O)CC2CCCC2)cc1. The maximum atomic E-state index is 11.9. The minimum Gasteiger partial charge on any atom is -0.490 e. The van der Waals surface area contributed by atoms with Crippen molar-refractivity contribution in [1.29, 1.82) is 0 Å². The quantitative estimate of drug-likeness (QED) is 0.790. The summed E-state index contributed by atoms with van der Waals surface area (Å²) in [6.45, 7) is 4.09. The van der Waals surface area contributed by atoms with Crippen molar-refractivity contribution in [2.75, 3.05) is 11.9 Å². The summed E-state index contributed by atoms with van der Waals surface area (Å²) in [4.78, 5) is 11.9. The molecule has 102 valence electrons. The first-order chi connectivity index (χ1) is 9.28. The second kappa shape index (κ2) is 6.98. The maximum absolute atomic E-state index is 11.9. The fourth-order valence-electron chi connectivity index (χ4n) is 2.48. The van der Waals surface area contributed by atoms with Crippen LogP contribution in [-0.2, 0) is 4.79 Å². The molecule has 1 saturated carbocycles. The Labute approximate surface area is 114 Å². The number of ether oxygens (including phenoxy) is 1. The first-order valence-electron chi connectivity index (χ1n) is 6.91. The van der Waals surface area contributed by atoms with Gasteiger partial charge in [-0.3, -0.25) is 4.79 Å². The van der Waals surface area contributed by atoms with Gasteiger partial charge in [0.1, 0.15) is 12.4 Å². The van der Waals surface area contributed by atoms with Gasteiger partial charge in [-0.2, -0.15) is 0 Å². The van der Waals surface area contributed by atoms with Crippen LogP contribution in [0.5, 0.6) is 5.75 Å². The van der Waals surface area contributed by atoms with Gasteiger partial charge in [-0.15, -0.1) is 0 Å². The predicted octanol–water partition coefficient (Wildman–Crippen LogP) is 3.77. The highest BCUT2D eigenvalue weighted by Crippen LogP contribution is 2.27. The normalized spacial score (nSPS) is 15.2. The number of carbonyl (C=O) groups is 1. The van der Waals surface area contributed by atoms with Crippen molar-refractivity contribution >= 4 is 11.6 Å². The summed E-state index contributed by atoms with van der Waals surface area (Å²) in [6, 6.07) is 7.44. The molecule has 1 aromatic rings. The molecule has 3 heteroatoms. The van der Waals surface area contributed by atoms with Crippen LogP contribution in [0, 0.1) is 5.92 Å². The molecule has 19 heavy (non-hydrogen) atoms. The van der Waals surface area contributed by atoms with E-state index in [1.807, 2.05) is 24.3 Å². The van der Waals surface area contributed by atoms with Gasteiger partial charge in [0.2, 0.25) is 5.91 Å². The lowest BCUT2D eigenvalue weighted by molar-refractivity contribution is -0.117. The smallest absolute Gasteiger partial charge is 0.224 e. The molecule has 1 aromatic carbocycles. The van der Waals surface area contributed by atoms with Gasteiger partial charge in [-0.25, -0.2) is 0 Å². The monoisotopic (exact) mass is 259 g/mol. The van der Waals surface area contributed by atoms with E-state index in [-0.39, 0.29) is 5.91 Å². The lowest BCUT2D eigenvalue weighted by atomic mass is 10.0. The summed E-state index contributed by atoms with van der Waals surface area (Å²) in [5.41, 5.74) is 0.828. The zero-order chi connectivity index (χ0) is 13.5. The molecule has 0 saturated heterocycles. The molecule has 3 nitrogen and oxygen atoms in total. The van der Waals surface area contributed by atoms with Crippen molar-refractivity contribution in [2.45, 2.75) is 32.1 Å². The zero-order valence-corrected chi connectivity index (χ0v) is 11.2. The van der Waals surface area contributed by atoms with Crippen molar-refractivity contribution in [2.24, 2.45) is 5.92 Å². The van der Waals surface area contributed by atoms with Gasteiger partial charge in [0, 0.05) is 12.1 Å². The van der Waals surface area contributed by atoms with Crippen molar-refractivity contribution in [1.82, 2.24) is 0 Å². The Morgan fingerprint density at radius 2 is 2.00 bits per heavy atom. The summed E-state index contributed by atoms with van der Waals surface area (Å²) in [5, 5.41) is 2.94. The third kappa shape index (κ3) is 4.43. The molecule has 0 aromatic heterocycles. The Morgan fingerprint density at radius 3 is 2.63 bits per heavy atom. The number of hydrogen-bond donors (Lipinski definition) is 1. The fraction of sp³-hybridized carbons (Fsp3) is 0.438. The average Bonchev–Trinajstić information content (AvgIpc) is 2.90. The summed E-state index contributed by atoms with van der Waals surface area (Å²) in [5.74, 6) is 1.48. The molecule has 0 radical (unpaired) electrons. The molecular formula is C16H21NO2. The van der Waals surface area contributed by atoms with E-state index < -0.39 is 0 Å². The summed E-state index contributed by atoms with van der Waals surface area (Å²) < 4.78 is 5.39. The lowest BCUT2D eigenvalue weighted by Crippen LogP contribution is -2.15. The molecule has 0 atom stereocenters. The second-order valence-electron chi connectivity index (χ2n) is 5.03. The van der Waals surface area contributed by atoms with Crippen molar-refractivity contribution < 1.29 is 9.53 Å². The van der Waals surface area contributed by atoms with Crippen LogP contribution >= 0.6 is 0 Å². The number of carbonyl (C=O) groups excluding carboxylic acids is 1. The number of nitrogens with one attached hydrogen (secondary N) is 1. The molecule has 0 unspecified atom stereocenters. The van der Waals surface area contributed by atoms with Gasteiger partial charge in [0.05, 0.1) is 0 Å². The third-order valence-electron chi connectivity index (χ3n) is 3.45. The van der Waals surface area contributed by atoms with Crippen LogP contribution in [0.4, 0.5) is 5.69 Å². The minimum absolute atomic E-state index is 0.117. The van der Waals surface area contributed by atoms with Gasteiger partial charge < -0.3 is 10.1 Å². The molecule has 0 bridgehead atoms. The Balaban J connectivity index is 1.81. The van der Waals surface area contributed by atoms with E-state index in [4.69, 9.17) is 4.74 Å². The molecule has 1 aliphatic carbocycles. The number of amides is 1. The van der Waals surface area contributed by atoms with Gasteiger partial charge in [0.25, 0.3) is 0 Å².